The van der Waals surface area contributed by atoms with Gasteiger partial charge in [0.15, 0.2) is 5.11 Å². The number of hydrogen-bond donors (Lipinski definition) is 4. The second-order valence-electron chi connectivity index (χ2n) is 4.99. The molecule has 26 heavy (non-hydrogen) atoms. The maximum absolute atomic E-state index is 12.5. The minimum absolute atomic E-state index is 0.0130. The van der Waals surface area contributed by atoms with Gasteiger partial charge in [-0.1, -0.05) is 51.8 Å². The van der Waals surface area contributed by atoms with E-state index in [2.05, 4.69) is 44.3 Å². The normalized spacial score (nSPS) is 10.8. The van der Waals surface area contributed by atoms with Crippen LogP contribution < -0.4 is 21.9 Å². The summed E-state index contributed by atoms with van der Waals surface area (Å²) >= 11 is 14.0. The summed E-state index contributed by atoms with van der Waals surface area (Å²) in [5, 5.41) is 2.71. The van der Waals surface area contributed by atoms with E-state index in [1.54, 1.807) is 36.4 Å². The Balaban J connectivity index is 2.29. The van der Waals surface area contributed by atoms with Gasteiger partial charge in [0.25, 0.3) is 11.8 Å². The molecule has 0 aromatic heterocycles. The monoisotopic (exact) mass is 452 g/mol. The van der Waals surface area contributed by atoms with Gasteiger partial charge in [-0.05, 0) is 48.1 Å². The number of benzene rings is 2. The van der Waals surface area contributed by atoms with E-state index >= 15 is 0 Å². The Kier molecular flexibility index (Phi) is 7.14. The van der Waals surface area contributed by atoms with Gasteiger partial charge in [-0.15, -0.1) is 0 Å². The SMILES string of the molecule is NC(=S)NNC(=O)C(=Cc1ccc(Br)cc1)NC(=O)c1ccccc1Cl. The van der Waals surface area contributed by atoms with Gasteiger partial charge in [0.05, 0.1) is 10.6 Å². The molecular formula is C17H14BrClN4O2S. The molecule has 2 aromatic rings. The highest BCUT2D eigenvalue weighted by Crippen LogP contribution is 2.16. The van der Waals surface area contributed by atoms with Gasteiger partial charge in [0.1, 0.15) is 5.70 Å². The number of nitrogens with one attached hydrogen (secondary N) is 3. The van der Waals surface area contributed by atoms with Crippen LogP contribution in [0.4, 0.5) is 0 Å². The van der Waals surface area contributed by atoms with Gasteiger partial charge < -0.3 is 11.1 Å². The molecule has 0 aliphatic carbocycles. The minimum Gasteiger partial charge on any atom is -0.375 e. The molecule has 0 aliphatic heterocycles. The van der Waals surface area contributed by atoms with Crippen LogP contribution in [-0.4, -0.2) is 16.9 Å². The number of carbonyl (C=O) groups excluding carboxylic acids is 2. The zero-order valence-corrected chi connectivity index (χ0v) is 16.4. The lowest BCUT2D eigenvalue weighted by atomic mass is 10.1. The van der Waals surface area contributed by atoms with E-state index in [1.165, 1.54) is 6.08 Å². The van der Waals surface area contributed by atoms with Crippen molar-refractivity contribution in [3.8, 4) is 0 Å². The second kappa shape index (κ2) is 9.33. The molecule has 0 bridgehead atoms. The smallest absolute Gasteiger partial charge is 0.286 e. The van der Waals surface area contributed by atoms with Crippen molar-refractivity contribution in [2.24, 2.45) is 5.73 Å². The van der Waals surface area contributed by atoms with Gasteiger partial charge in [-0.25, -0.2) is 0 Å². The number of thiocarbonyl (C=S) groups is 1. The molecule has 9 heteroatoms. The second-order valence-corrected chi connectivity index (χ2v) is 6.75. The Morgan fingerprint density at radius 1 is 1.08 bits per heavy atom. The molecule has 0 spiro atoms. The average Bonchev–Trinajstić information content (AvgIpc) is 2.61. The molecule has 0 saturated heterocycles. The highest BCUT2D eigenvalue weighted by Gasteiger charge is 2.16. The van der Waals surface area contributed by atoms with E-state index in [9.17, 15) is 9.59 Å². The Hall–Kier alpha value is -2.42. The molecule has 0 aliphatic rings. The summed E-state index contributed by atoms with van der Waals surface area (Å²) in [5.74, 6) is -1.15. The fraction of sp³-hybridized carbons (Fsp3) is 0. The summed E-state index contributed by atoms with van der Waals surface area (Å²) < 4.78 is 0.885. The van der Waals surface area contributed by atoms with E-state index < -0.39 is 11.8 Å². The molecule has 0 atom stereocenters. The zero-order valence-electron chi connectivity index (χ0n) is 13.3. The fourth-order valence-corrected chi connectivity index (χ4v) is 2.44. The molecule has 5 N–H and O–H groups in total. The van der Waals surface area contributed by atoms with Gasteiger partial charge in [-0.2, -0.15) is 0 Å². The summed E-state index contributed by atoms with van der Waals surface area (Å²) in [7, 11) is 0. The van der Waals surface area contributed by atoms with Crippen LogP contribution in [0.3, 0.4) is 0 Å². The lowest BCUT2D eigenvalue weighted by Crippen LogP contribution is -2.47. The van der Waals surface area contributed by atoms with Gasteiger partial charge in [0.2, 0.25) is 0 Å². The molecule has 2 aromatic carbocycles. The van der Waals surface area contributed by atoms with Crippen LogP contribution in [0, 0.1) is 0 Å². The third-order valence-electron chi connectivity index (χ3n) is 3.09. The maximum Gasteiger partial charge on any atom is 0.286 e. The van der Waals surface area contributed by atoms with Gasteiger partial charge in [0, 0.05) is 4.47 Å². The van der Waals surface area contributed by atoms with Crippen LogP contribution in [0.15, 0.2) is 58.7 Å². The van der Waals surface area contributed by atoms with Crippen LogP contribution >= 0.6 is 39.7 Å². The quantitative estimate of drug-likeness (QED) is 0.324. The lowest BCUT2D eigenvalue weighted by molar-refractivity contribution is -0.118. The molecule has 0 saturated carbocycles. The molecule has 2 rings (SSSR count). The topological polar surface area (TPSA) is 96.2 Å². The Morgan fingerprint density at radius 3 is 2.35 bits per heavy atom. The molecule has 0 unspecified atom stereocenters. The number of rotatable bonds is 4. The van der Waals surface area contributed by atoms with Crippen molar-refractivity contribution in [3.63, 3.8) is 0 Å². The van der Waals surface area contributed by atoms with E-state index in [-0.39, 0.29) is 21.4 Å². The Bertz CT molecular complexity index is 871. The maximum atomic E-state index is 12.5. The highest BCUT2D eigenvalue weighted by molar-refractivity contribution is 9.10. The first-order valence-corrected chi connectivity index (χ1v) is 8.83. The van der Waals surface area contributed by atoms with Crippen molar-refractivity contribution < 1.29 is 9.59 Å². The number of hydrogen-bond acceptors (Lipinski definition) is 3. The van der Waals surface area contributed by atoms with E-state index in [4.69, 9.17) is 17.3 Å². The van der Waals surface area contributed by atoms with Crippen molar-refractivity contribution in [3.05, 3.63) is 74.9 Å². The number of hydrazine groups is 1. The van der Waals surface area contributed by atoms with Crippen molar-refractivity contribution in [2.75, 3.05) is 0 Å². The molecule has 6 nitrogen and oxygen atoms in total. The van der Waals surface area contributed by atoms with Crippen LogP contribution in [0.1, 0.15) is 15.9 Å². The highest BCUT2D eigenvalue weighted by atomic mass is 79.9. The Morgan fingerprint density at radius 2 is 1.73 bits per heavy atom. The van der Waals surface area contributed by atoms with E-state index in [1.807, 2.05) is 12.1 Å². The lowest BCUT2D eigenvalue weighted by Gasteiger charge is -2.12. The molecule has 134 valence electrons. The first-order valence-electron chi connectivity index (χ1n) is 7.26. The summed E-state index contributed by atoms with van der Waals surface area (Å²) in [6, 6.07) is 13.7. The molecule has 0 radical (unpaired) electrons. The van der Waals surface area contributed by atoms with E-state index in [0.29, 0.717) is 5.56 Å². The fourth-order valence-electron chi connectivity index (χ4n) is 1.90. The predicted octanol–water partition coefficient (Wildman–Crippen LogP) is 2.74. The third-order valence-corrected chi connectivity index (χ3v) is 4.05. The molecule has 0 heterocycles. The standard InChI is InChI=1S/C17H14BrClN4O2S/c18-11-7-5-10(6-8-11)9-14(16(25)22-23-17(20)26)21-15(24)12-3-1-2-4-13(12)19/h1-9H,(H,21,24)(H,22,25)(H3,20,23,26). The number of amides is 2. The van der Waals surface area contributed by atoms with Crippen LogP contribution in [0.25, 0.3) is 6.08 Å². The predicted molar refractivity (Wildman–Crippen MR) is 109 cm³/mol. The van der Waals surface area contributed by atoms with Crippen LogP contribution in [0.5, 0.6) is 0 Å². The number of nitrogens with two attached hydrogens (primary N) is 1. The average molecular weight is 454 g/mol. The Labute approximate surface area is 168 Å². The first-order chi connectivity index (χ1) is 12.4. The molecular weight excluding hydrogens is 440 g/mol. The third kappa shape index (κ3) is 5.83. The van der Waals surface area contributed by atoms with Crippen molar-refractivity contribution in [2.45, 2.75) is 0 Å². The van der Waals surface area contributed by atoms with Crippen LogP contribution in [0.2, 0.25) is 5.02 Å². The van der Waals surface area contributed by atoms with Crippen molar-refractivity contribution in [1.29, 1.82) is 0 Å². The number of halogens is 2. The zero-order chi connectivity index (χ0) is 19.1. The number of carbonyl (C=O) groups is 2. The summed E-state index contributed by atoms with van der Waals surface area (Å²) in [5.41, 5.74) is 10.9. The first kappa shape index (κ1) is 19.9. The van der Waals surface area contributed by atoms with Crippen molar-refractivity contribution >= 4 is 62.8 Å². The summed E-state index contributed by atoms with van der Waals surface area (Å²) in [6.45, 7) is 0. The summed E-state index contributed by atoms with van der Waals surface area (Å²) in [6.07, 6.45) is 1.51. The van der Waals surface area contributed by atoms with Crippen molar-refractivity contribution in [1.82, 2.24) is 16.2 Å². The van der Waals surface area contributed by atoms with Crippen LogP contribution in [-0.2, 0) is 4.79 Å². The molecule has 2 amide bonds. The minimum atomic E-state index is -0.624. The largest absolute Gasteiger partial charge is 0.375 e. The van der Waals surface area contributed by atoms with Gasteiger partial charge in [-0.3, -0.25) is 20.4 Å². The molecule has 0 fully saturated rings. The summed E-state index contributed by atoms with van der Waals surface area (Å²) in [4.78, 5) is 24.8. The van der Waals surface area contributed by atoms with Gasteiger partial charge >= 0.3 is 0 Å². The van der Waals surface area contributed by atoms with E-state index in [0.717, 1.165) is 4.47 Å².